The molecular formula is C20H21N5O4S. The molecule has 2 aromatic carbocycles. The number of hydrogen-bond donors (Lipinski definition) is 2. The molecule has 0 fully saturated rings. The largest absolute Gasteiger partial charge is 0.497 e. The van der Waals surface area contributed by atoms with E-state index in [0.29, 0.717) is 29.8 Å². The normalized spacial score (nSPS) is 11.7. The first-order valence-electron chi connectivity index (χ1n) is 9.17. The summed E-state index contributed by atoms with van der Waals surface area (Å²) in [5.41, 5.74) is 8.84. The third-order valence-corrected chi connectivity index (χ3v) is 6.02. The Kier molecular flexibility index (Phi) is 5.18. The van der Waals surface area contributed by atoms with E-state index in [9.17, 15) is 8.42 Å². The maximum Gasteiger partial charge on any atom is 0.263 e. The summed E-state index contributed by atoms with van der Waals surface area (Å²) < 4.78 is 40.4. The van der Waals surface area contributed by atoms with Gasteiger partial charge in [0.05, 0.1) is 30.1 Å². The average molecular weight is 427 g/mol. The summed E-state index contributed by atoms with van der Waals surface area (Å²) in [7, 11) is -2.38. The van der Waals surface area contributed by atoms with Gasteiger partial charge < -0.3 is 15.0 Å². The first-order chi connectivity index (χ1) is 14.4. The Morgan fingerprint density at radius 2 is 2.07 bits per heavy atom. The number of benzene rings is 2. The van der Waals surface area contributed by atoms with Gasteiger partial charge in [-0.3, -0.25) is 9.40 Å². The number of nitrogens with two attached hydrogens (primary N) is 1. The monoisotopic (exact) mass is 427 g/mol. The Balaban J connectivity index is 1.64. The number of rotatable bonds is 7. The predicted molar refractivity (Wildman–Crippen MR) is 112 cm³/mol. The van der Waals surface area contributed by atoms with Crippen molar-refractivity contribution in [1.82, 2.24) is 14.9 Å². The fraction of sp³-hybridized carbons (Fsp3) is 0.200. The molecule has 10 heteroatoms. The van der Waals surface area contributed by atoms with Crippen molar-refractivity contribution in [3.05, 3.63) is 65.5 Å². The van der Waals surface area contributed by atoms with Crippen LogP contribution in [0.5, 0.6) is 5.75 Å². The molecule has 0 atom stereocenters. The van der Waals surface area contributed by atoms with Gasteiger partial charge in [0.1, 0.15) is 5.75 Å². The molecule has 4 aromatic rings. The second kappa shape index (κ2) is 7.81. The van der Waals surface area contributed by atoms with Crippen LogP contribution in [-0.2, 0) is 23.1 Å². The van der Waals surface area contributed by atoms with Crippen LogP contribution in [0.2, 0.25) is 0 Å². The molecule has 0 saturated carbocycles. The van der Waals surface area contributed by atoms with Gasteiger partial charge in [-0.05, 0) is 36.2 Å². The van der Waals surface area contributed by atoms with Crippen molar-refractivity contribution in [2.75, 3.05) is 11.8 Å². The van der Waals surface area contributed by atoms with E-state index in [2.05, 4.69) is 15.0 Å². The van der Waals surface area contributed by atoms with E-state index in [1.165, 1.54) is 19.2 Å². The Bertz CT molecular complexity index is 1310. The molecule has 0 unspecified atom stereocenters. The number of anilines is 1. The minimum Gasteiger partial charge on any atom is -0.497 e. The zero-order valence-corrected chi connectivity index (χ0v) is 17.3. The molecule has 0 bridgehead atoms. The van der Waals surface area contributed by atoms with E-state index >= 15 is 0 Å². The highest BCUT2D eigenvalue weighted by molar-refractivity contribution is 7.92. The van der Waals surface area contributed by atoms with Crippen LogP contribution in [0.1, 0.15) is 16.7 Å². The summed E-state index contributed by atoms with van der Waals surface area (Å²) in [4.78, 5) is 0.0710. The molecule has 156 valence electrons. The van der Waals surface area contributed by atoms with Gasteiger partial charge in [0, 0.05) is 24.4 Å². The number of fused-ring (bicyclic) bond motifs is 1. The molecule has 9 nitrogen and oxygen atoms in total. The van der Waals surface area contributed by atoms with Crippen LogP contribution in [0.15, 0.2) is 58.2 Å². The highest BCUT2D eigenvalue weighted by Gasteiger charge is 2.20. The molecule has 3 N–H and O–H groups in total. The van der Waals surface area contributed by atoms with Gasteiger partial charge in [-0.15, -0.1) is 0 Å². The molecule has 2 aromatic heterocycles. The quantitative estimate of drug-likeness (QED) is 0.464. The Morgan fingerprint density at radius 1 is 1.23 bits per heavy atom. The van der Waals surface area contributed by atoms with Crippen LogP contribution in [0.3, 0.4) is 0 Å². The predicted octanol–water partition coefficient (Wildman–Crippen LogP) is 2.65. The van der Waals surface area contributed by atoms with Crippen LogP contribution in [0, 0.1) is 6.92 Å². The van der Waals surface area contributed by atoms with Crippen molar-refractivity contribution in [3.63, 3.8) is 0 Å². The minimum absolute atomic E-state index is 0.0710. The van der Waals surface area contributed by atoms with Gasteiger partial charge in [-0.1, -0.05) is 17.3 Å². The molecule has 4 rings (SSSR count). The molecule has 0 aliphatic carbocycles. The zero-order valence-electron chi connectivity index (χ0n) is 16.5. The number of nitrogens with zero attached hydrogens (tertiary/aromatic N) is 3. The summed E-state index contributed by atoms with van der Waals surface area (Å²) >= 11 is 0. The number of nitrogens with one attached hydrogen (secondary N) is 1. The third kappa shape index (κ3) is 3.87. The van der Waals surface area contributed by atoms with Gasteiger partial charge in [0.25, 0.3) is 10.0 Å². The summed E-state index contributed by atoms with van der Waals surface area (Å²) in [5, 5.41) is 8.83. The second-order valence-corrected chi connectivity index (χ2v) is 8.53. The Morgan fingerprint density at radius 3 is 2.80 bits per heavy atom. The van der Waals surface area contributed by atoms with Crippen LogP contribution < -0.4 is 15.2 Å². The van der Waals surface area contributed by atoms with E-state index in [4.69, 9.17) is 15.0 Å². The maximum absolute atomic E-state index is 12.8. The standard InChI is InChI=1S/C20H21N5O4S/c1-13-6-14(11-25-12-15(9-21)10-22-25)7-18-19(13)20(23-29-18)24-30(26,27)17-5-3-4-16(8-17)28-2/h3-8,10,12H,9,11,21H2,1-2H3,(H,23,24). The number of methoxy groups -OCH3 is 1. The number of aromatic nitrogens is 3. The van der Waals surface area contributed by atoms with Crippen molar-refractivity contribution in [2.24, 2.45) is 5.73 Å². The van der Waals surface area contributed by atoms with E-state index in [1.54, 1.807) is 23.0 Å². The fourth-order valence-electron chi connectivity index (χ4n) is 3.24. The van der Waals surface area contributed by atoms with Crippen LogP contribution in [-0.4, -0.2) is 30.5 Å². The highest BCUT2D eigenvalue weighted by Crippen LogP contribution is 2.30. The number of sulfonamides is 1. The Hall–Kier alpha value is -3.37. The molecular weight excluding hydrogens is 406 g/mol. The molecule has 0 aliphatic rings. The van der Waals surface area contributed by atoms with Gasteiger partial charge in [-0.2, -0.15) is 5.10 Å². The van der Waals surface area contributed by atoms with E-state index < -0.39 is 10.0 Å². The summed E-state index contributed by atoms with van der Waals surface area (Å²) in [6.07, 6.45) is 3.61. The molecule has 0 saturated heterocycles. The van der Waals surface area contributed by atoms with Crippen molar-refractivity contribution in [3.8, 4) is 5.75 Å². The summed E-state index contributed by atoms with van der Waals surface area (Å²) in [6.45, 7) is 2.83. The molecule has 0 amide bonds. The van der Waals surface area contributed by atoms with Crippen LogP contribution >= 0.6 is 0 Å². The third-order valence-electron chi connectivity index (χ3n) is 4.68. The van der Waals surface area contributed by atoms with E-state index in [1.807, 2.05) is 25.3 Å². The minimum atomic E-state index is -3.86. The fourth-order valence-corrected chi connectivity index (χ4v) is 4.28. The molecule has 0 radical (unpaired) electrons. The lowest BCUT2D eigenvalue weighted by atomic mass is 10.1. The maximum atomic E-state index is 12.8. The van der Waals surface area contributed by atoms with Crippen LogP contribution in [0.4, 0.5) is 5.82 Å². The average Bonchev–Trinajstić information content (AvgIpc) is 3.35. The van der Waals surface area contributed by atoms with Gasteiger partial charge >= 0.3 is 0 Å². The molecule has 30 heavy (non-hydrogen) atoms. The number of hydrogen-bond acceptors (Lipinski definition) is 7. The molecule has 0 aliphatic heterocycles. The lowest BCUT2D eigenvalue weighted by Gasteiger charge is -2.08. The summed E-state index contributed by atoms with van der Waals surface area (Å²) in [6, 6.07) is 9.98. The van der Waals surface area contributed by atoms with Crippen molar-refractivity contribution >= 4 is 26.8 Å². The van der Waals surface area contributed by atoms with Gasteiger partial charge in [0.2, 0.25) is 0 Å². The van der Waals surface area contributed by atoms with Crippen molar-refractivity contribution < 1.29 is 17.7 Å². The van der Waals surface area contributed by atoms with Crippen molar-refractivity contribution in [2.45, 2.75) is 24.9 Å². The molecule has 0 spiro atoms. The number of ether oxygens (including phenoxy) is 1. The molecule has 2 heterocycles. The van der Waals surface area contributed by atoms with E-state index in [-0.39, 0.29) is 10.7 Å². The van der Waals surface area contributed by atoms with E-state index in [0.717, 1.165) is 16.7 Å². The van der Waals surface area contributed by atoms with Crippen LogP contribution in [0.25, 0.3) is 11.0 Å². The SMILES string of the molecule is COc1cccc(S(=O)(=O)Nc2noc3cc(Cn4cc(CN)cn4)cc(C)c23)c1. The first kappa shape index (κ1) is 19.9. The van der Waals surface area contributed by atoms with Gasteiger partial charge in [0.15, 0.2) is 11.4 Å². The Labute approximate surface area is 173 Å². The topological polar surface area (TPSA) is 125 Å². The zero-order chi connectivity index (χ0) is 21.3. The first-order valence-corrected chi connectivity index (χ1v) is 10.6. The second-order valence-electron chi connectivity index (χ2n) is 6.85. The lowest BCUT2D eigenvalue weighted by Crippen LogP contribution is -2.13. The highest BCUT2D eigenvalue weighted by atomic mass is 32.2. The number of aryl methyl sites for hydroxylation is 1. The smallest absolute Gasteiger partial charge is 0.263 e. The van der Waals surface area contributed by atoms with Crippen molar-refractivity contribution in [1.29, 1.82) is 0 Å². The summed E-state index contributed by atoms with van der Waals surface area (Å²) in [5.74, 6) is 0.585. The lowest BCUT2D eigenvalue weighted by molar-refractivity contribution is 0.413. The van der Waals surface area contributed by atoms with Gasteiger partial charge in [-0.25, -0.2) is 8.42 Å².